The van der Waals surface area contributed by atoms with Gasteiger partial charge in [0.1, 0.15) is 5.56 Å². The highest BCUT2D eigenvalue weighted by Gasteiger charge is 2.23. The van der Waals surface area contributed by atoms with E-state index in [1.54, 1.807) is 19.1 Å². The molecule has 0 atom stereocenters. The quantitative estimate of drug-likeness (QED) is 0.257. The molecule has 152 valence electrons. The molecule has 4 aromatic rings. The van der Waals surface area contributed by atoms with Crippen LogP contribution < -0.4 is 5.32 Å². The zero-order valence-corrected chi connectivity index (χ0v) is 18.7. The molecule has 2 heterocycles. The molecule has 0 radical (unpaired) electrons. The Labute approximate surface area is 190 Å². The molecule has 0 bridgehead atoms. The molecule has 0 fully saturated rings. The lowest BCUT2D eigenvalue weighted by molar-refractivity contribution is 0.102. The van der Waals surface area contributed by atoms with Gasteiger partial charge in [0.25, 0.3) is 5.91 Å². The maximum absolute atomic E-state index is 12.8. The smallest absolute Gasteiger partial charge is 0.263 e. The first-order valence-corrected chi connectivity index (χ1v) is 11.3. The molecule has 10 heteroatoms. The third-order valence-electron chi connectivity index (χ3n) is 4.12. The van der Waals surface area contributed by atoms with E-state index < -0.39 is 0 Å². The predicted octanol–water partition coefficient (Wildman–Crippen LogP) is 6.35. The number of anilines is 1. The maximum atomic E-state index is 12.8. The molecule has 2 aromatic carbocycles. The highest BCUT2D eigenvalue weighted by molar-refractivity contribution is 8.00. The van der Waals surface area contributed by atoms with Gasteiger partial charge in [-0.2, -0.15) is 0 Å². The Balaban J connectivity index is 1.45. The van der Waals surface area contributed by atoms with Gasteiger partial charge in [0.2, 0.25) is 5.13 Å². The fraction of sp³-hybridized carbons (Fsp3) is 0.100. The molecule has 2 aromatic heterocycles. The third kappa shape index (κ3) is 4.67. The summed E-state index contributed by atoms with van der Waals surface area (Å²) in [5, 5.41) is 16.5. The van der Waals surface area contributed by atoms with Crippen molar-refractivity contribution >= 4 is 57.3 Å². The summed E-state index contributed by atoms with van der Waals surface area (Å²) in [4.78, 5) is 12.8. The number of carbonyl (C=O) groups is 1. The number of nitrogens with zero attached hydrogens (tertiary/aromatic N) is 3. The molecule has 1 amide bonds. The van der Waals surface area contributed by atoms with E-state index in [4.69, 9.17) is 27.7 Å². The molecule has 6 nitrogen and oxygen atoms in total. The molecular formula is C20H14Cl2N4O2S2. The standard InChI is InChI=1S/C20H14Cl2N4O2S2/c1-11-16(17(28-26-11)12-5-3-2-4-6-12)18(27)23-19-24-25-20(30-19)29-10-13-7-8-14(21)9-15(13)22/h2-9H,10H2,1H3,(H,23,24,27). The lowest BCUT2D eigenvalue weighted by atomic mass is 10.1. The molecule has 4 rings (SSSR count). The van der Waals surface area contributed by atoms with Gasteiger partial charge >= 0.3 is 0 Å². The molecule has 1 N–H and O–H groups in total. The first-order chi connectivity index (χ1) is 14.5. The van der Waals surface area contributed by atoms with E-state index in [0.717, 1.165) is 11.1 Å². The molecule has 0 aliphatic rings. The molecule has 0 saturated heterocycles. The van der Waals surface area contributed by atoms with E-state index in [-0.39, 0.29) is 5.91 Å². The van der Waals surface area contributed by atoms with Gasteiger partial charge in [0, 0.05) is 21.4 Å². The van der Waals surface area contributed by atoms with Crippen LogP contribution >= 0.6 is 46.3 Å². The zero-order valence-electron chi connectivity index (χ0n) is 15.6. The number of aryl methyl sites for hydroxylation is 1. The van der Waals surface area contributed by atoms with E-state index in [1.807, 2.05) is 36.4 Å². The minimum atomic E-state index is -0.346. The molecule has 0 aliphatic heterocycles. The van der Waals surface area contributed by atoms with Crippen LogP contribution in [0.4, 0.5) is 5.13 Å². The molecule has 0 spiro atoms. The monoisotopic (exact) mass is 476 g/mol. The lowest BCUT2D eigenvalue weighted by Crippen LogP contribution is -2.13. The van der Waals surface area contributed by atoms with E-state index in [9.17, 15) is 4.79 Å². The number of thioether (sulfide) groups is 1. The van der Waals surface area contributed by atoms with Gasteiger partial charge < -0.3 is 4.52 Å². The van der Waals surface area contributed by atoms with Crippen LogP contribution in [0.5, 0.6) is 0 Å². The van der Waals surface area contributed by atoms with Crippen LogP contribution in [0.25, 0.3) is 11.3 Å². The summed E-state index contributed by atoms with van der Waals surface area (Å²) < 4.78 is 6.09. The number of nitrogens with one attached hydrogen (secondary N) is 1. The van der Waals surface area contributed by atoms with E-state index in [2.05, 4.69) is 20.7 Å². The van der Waals surface area contributed by atoms with E-state index >= 15 is 0 Å². The van der Waals surface area contributed by atoms with Gasteiger partial charge in [-0.25, -0.2) is 0 Å². The first kappa shape index (κ1) is 20.9. The zero-order chi connectivity index (χ0) is 21.1. The lowest BCUT2D eigenvalue weighted by Gasteiger charge is -2.03. The molecule has 0 aliphatic carbocycles. The summed E-state index contributed by atoms with van der Waals surface area (Å²) in [6, 6.07) is 14.7. The number of benzene rings is 2. The van der Waals surface area contributed by atoms with Crippen molar-refractivity contribution in [1.82, 2.24) is 15.4 Å². The summed E-state index contributed by atoms with van der Waals surface area (Å²) in [5.41, 5.74) is 2.59. The number of aromatic nitrogens is 3. The second-order valence-corrected chi connectivity index (χ2v) is 9.23. The number of hydrogen-bond donors (Lipinski definition) is 1. The Morgan fingerprint density at radius 3 is 2.73 bits per heavy atom. The largest absolute Gasteiger partial charge is 0.355 e. The number of carbonyl (C=O) groups excluding carboxylic acids is 1. The van der Waals surface area contributed by atoms with Gasteiger partial charge in [-0.15, -0.1) is 10.2 Å². The van der Waals surface area contributed by atoms with Crippen molar-refractivity contribution in [2.75, 3.05) is 5.32 Å². The number of halogens is 2. The number of amides is 1. The van der Waals surface area contributed by atoms with Crippen molar-refractivity contribution in [2.45, 2.75) is 17.0 Å². The number of hydrogen-bond acceptors (Lipinski definition) is 7. The Kier molecular flexibility index (Phi) is 6.38. The summed E-state index contributed by atoms with van der Waals surface area (Å²) in [5.74, 6) is 0.685. The van der Waals surface area contributed by atoms with Crippen LogP contribution in [-0.2, 0) is 5.75 Å². The van der Waals surface area contributed by atoms with E-state index in [0.29, 0.717) is 42.3 Å². The number of rotatable bonds is 6. The molecule has 0 saturated carbocycles. The second-order valence-electron chi connectivity index (χ2n) is 6.19. The molecule has 0 unspecified atom stereocenters. The van der Waals surface area contributed by atoms with Gasteiger partial charge in [-0.1, -0.05) is 87.9 Å². The van der Waals surface area contributed by atoms with Crippen molar-refractivity contribution in [3.05, 3.63) is 75.4 Å². The second kappa shape index (κ2) is 9.18. The van der Waals surface area contributed by atoms with Gasteiger partial charge in [0.05, 0.1) is 5.69 Å². The first-order valence-electron chi connectivity index (χ1n) is 8.74. The minimum absolute atomic E-state index is 0.346. The Bertz CT molecular complexity index is 1190. The van der Waals surface area contributed by atoms with E-state index in [1.165, 1.54) is 23.1 Å². The molecular weight excluding hydrogens is 463 g/mol. The molecule has 30 heavy (non-hydrogen) atoms. The summed E-state index contributed by atoms with van der Waals surface area (Å²) >= 11 is 14.9. The summed E-state index contributed by atoms with van der Waals surface area (Å²) in [7, 11) is 0. The highest BCUT2D eigenvalue weighted by Crippen LogP contribution is 2.32. The van der Waals surface area contributed by atoms with Crippen LogP contribution in [0, 0.1) is 6.92 Å². The topological polar surface area (TPSA) is 80.9 Å². The SMILES string of the molecule is Cc1noc(-c2ccccc2)c1C(=O)Nc1nnc(SCc2ccc(Cl)cc2Cl)s1. The minimum Gasteiger partial charge on any atom is -0.355 e. The Hall–Kier alpha value is -2.39. The Morgan fingerprint density at radius 1 is 1.17 bits per heavy atom. The maximum Gasteiger partial charge on any atom is 0.263 e. The van der Waals surface area contributed by atoms with Crippen molar-refractivity contribution in [3.8, 4) is 11.3 Å². The van der Waals surface area contributed by atoms with Gasteiger partial charge in [-0.05, 0) is 24.6 Å². The van der Waals surface area contributed by atoms with Crippen LogP contribution in [0.1, 0.15) is 21.6 Å². The summed E-state index contributed by atoms with van der Waals surface area (Å²) in [6.45, 7) is 1.72. The van der Waals surface area contributed by atoms with Crippen molar-refractivity contribution in [2.24, 2.45) is 0 Å². The fourth-order valence-corrected chi connectivity index (χ4v) is 4.99. The van der Waals surface area contributed by atoms with Crippen molar-refractivity contribution in [1.29, 1.82) is 0 Å². The fourth-order valence-electron chi connectivity index (χ4n) is 2.68. The average Bonchev–Trinajstić information content (AvgIpc) is 3.34. The predicted molar refractivity (Wildman–Crippen MR) is 121 cm³/mol. The normalized spacial score (nSPS) is 10.9. The third-order valence-corrected chi connectivity index (χ3v) is 6.73. The summed E-state index contributed by atoms with van der Waals surface area (Å²) in [6.07, 6.45) is 0. The average molecular weight is 477 g/mol. The van der Waals surface area contributed by atoms with Crippen LogP contribution in [-0.4, -0.2) is 21.3 Å². The van der Waals surface area contributed by atoms with Gasteiger partial charge in [0.15, 0.2) is 10.1 Å². The van der Waals surface area contributed by atoms with Crippen molar-refractivity contribution in [3.63, 3.8) is 0 Å². The Morgan fingerprint density at radius 2 is 1.97 bits per heavy atom. The van der Waals surface area contributed by atoms with Gasteiger partial charge in [-0.3, -0.25) is 10.1 Å². The van der Waals surface area contributed by atoms with Crippen LogP contribution in [0.15, 0.2) is 57.4 Å². The van der Waals surface area contributed by atoms with Crippen LogP contribution in [0.2, 0.25) is 10.0 Å². The van der Waals surface area contributed by atoms with Crippen LogP contribution in [0.3, 0.4) is 0 Å². The highest BCUT2D eigenvalue weighted by atomic mass is 35.5. The van der Waals surface area contributed by atoms with Crippen molar-refractivity contribution < 1.29 is 9.32 Å².